The monoisotopic (exact) mass is 501 g/mol. The molecule has 1 aliphatic heterocycles. The molecule has 4 aromatic rings. The molecule has 2 atom stereocenters. The zero-order chi connectivity index (χ0) is 25.1. The van der Waals surface area contributed by atoms with Crippen molar-refractivity contribution in [2.24, 2.45) is 0 Å². The number of carbonyl (C=O) groups is 1. The minimum absolute atomic E-state index is 0.163. The van der Waals surface area contributed by atoms with E-state index < -0.39 is 29.7 Å². The van der Waals surface area contributed by atoms with Crippen LogP contribution in [0.4, 0.5) is 13.6 Å². The Morgan fingerprint density at radius 1 is 1.26 bits per heavy atom. The van der Waals surface area contributed by atoms with Gasteiger partial charge in [-0.3, -0.25) is 9.36 Å². The predicted molar refractivity (Wildman–Crippen MR) is 129 cm³/mol. The number of halogens is 2. The average Bonchev–Trinajstić information content (AvgIpc) is 3.37. The zero-order valence-corrected chi connectivity index (χ0v) is 20.6. The van der Waals surface area contributed by atoms with Crippen molar-refractivity contribution >= 4 is 33.3 Å². The van der Waals surface area contributed by atoms with Crippen LogP contribution in [0.2, 0.25) is 0 Å². The van der Waals surface area contributed by atoms with Gasteiger partial charge >= 0.3 is 6.09 Å². The quantitative estimate of drug-likeness (QED) is 0.396. The van der Waals surface area contributed by atoms with Gasteiger partial charge in [0.05, 0.1) is 30.1 Å². The Morgan fingerprint density at radius 3 is 2.74 bits per heavy atom. The van der Waals surface area contributed by atoms with Gasteiger partial charge in [-0.15, -0.1) is 11.3 Å². The Kier molecular flexibility index (Phi) is 5.62. The minimum Gasteiger partial charge on any atom is -0.444 e. The van der Waals surface area contributed by atoms with Crippen molar-refractivity contribution in [1.29, 1.82) is 0 Å². The van der Waals surface area contributed by atoms with Crippen LogP contribution in [-0.4, -0.2) is 54.8 Å². The molecular formula is C24H25F2N5O3S. The van der Waals surface area contributed by atoms with Crippen LogP contribution >= 0.6 is 11.3 Å². The van der Waals surface area contributed by atoms with E-state index in [0.29, 0.717) is 26.4 Å². The number of aromatic nitrogens is 4. The van der Waals surface area contributed by atoms with Crippen molar-refractivity contribution < 1.29 is 18.3 Å². The van der Waals surface area contributed by atoms with Crippen molar-refractivity contribution in [1.82, 2.24) is 23.8 Å². The zero-order valence-electron chi connectivity index (χ0n) is 19.8. The lowest BCUT2D eigenvalue weighted by atomic mass is 10.0. The molecule has 4 aromatic heterocycles. The lowest BCUT2D eigenvalue weighted by molar-refractivity contribution is 0.00645. The highest BCUT2D eigenvalue weighted by atomic mass is 32.1. The van der Waals surface area contributed by atoms with Gasteiger partial charge in [-0.05, 0) is 46.2 Å². The topological polar surface area (TPSA) is 81.7 Å². The second-order valence-corrected chi connectivity index (χ2v) is 10.8. The smallest absolute Gasteiger partial charge is 0.410 e. The van der Waals surface area contributed by atoms with Crippen LogP contribution in [0.3, 0.4) is 0 Å². The Balaban J connectivity index is 1.43. The summed E-state index contributed by atoms with van der Waals surface area (Å²) in [5.41, 5.74) is 0.960. The third-order valence-electron chi connectivity index (χ3n) is 5.89. The van der Waals surface area contributed by atoms with Crippen molar-refractivity contribution in [3.8, 4) is 10.4 Å². The maximum atomic E-state index is 15.1. The summed E-state index contributed by atoms with van der Waals surface area (Å²) in [6.07, 6.45) is 3.07. The Labute approximate surface area is 203 Å². The van der Waals surface area contributed by atoms with E-state index in [1.165, 1.54) is 33.2 Å². The largest absolute Gasteiger partial charge is 0.444 e. The molecule has 1 amide bonds. The summed E-state index contributed by atoms with van der Waals surface area (Å²) in [5.74, 6) is -0.463. The van der Waals surface area contributed by atoms with Crippen LogP contribution in [0.15, 0.2) is 35.6 Å². The number of thiophene rings is 1. The Bertz CT molecular complexity index is 1500. The molecule has 11 heteroatoms. The molecule has 5 heterocycles. The van der Waals surface area contributed by atoms with Gasteiger partial charge in [0, 0.05) is 29.4 Å². The van der Waals surface area contributed by atoms with Crippen LogP contribution in [0.1, 0.15) is 38.9 Å². The fourth-order valence-electron chi connectivity index (χ4n) is 4.32. The number of fused-ring (bicyclic) bond motifs is 2. The van der Waals surface area contributed by atoms with Crippen molar-refractivity contribution in [3.05, 3.63) is 52.7 Å². The Morgan fingerprint density at radius 2 is 2.03 bits per heavy atom. The fraction of sp³-hybridized carbons (Fsp3) is 0.417. The van der Waals surface area contributed by atoms with Crippen LogP contribution in [-0.2, 0) is 4.74 Å². The van der Waals surface area contributed by atoms with E-state index in [-0.39, 0.29) is 30.7 Å². The number of ether oxygens (including phenoxy) is 1. The first-order valence-electron chi connectivity index (χ1n) is 11.3. The average molecular weight is 502 g/mol. The van der Waals surface area contributed by atoms with Gasteiger partial charge in [0.2, 0.25) is 0 Å². The van der Waals surface area contributed by atoms with Gasteiger partial charge in [-0.25, -0.2) is 23.5 Å². The third-order valence-corrected chi connectivity index (χ3v) is 7.05. The maximum absolute atomic E-state index is 15.1. The SMILES string of the molecule is Cc1cn2cc(-c3cc4ncn([C@H]5CCN(C(=O)OC(C)(C)C)C[C@@H]5F)c(=O)c4s3)cc(F)c2n1. The van der Waals surface area contributed by atoms with E-state index in [0.717, 1.165) is 0 Å². The van der Waals surface area contributed by atoms with Gasteiger partial charge in [-0.2, -0.15) is 0 Å². The summed E-state index contributed by atoms with van der Waals surface area (Å²) in [7, 11) is 0. The number of hydrogen-bond donors (Lipinski definition) is 0. The Hall–Kier alpha value is -3.34. The van der Waals surface area contributed by atoms with Crippen LogP contribution in [0.25, 0.3) is 26.3 Å². The summed E-state index contributed by atoms with van der Waals surface area (Å²) < 4.78 is 38.3. The van der Waals surface area contributed by atoms with Gasteiger partial charge in [-0.1, -0.05) is 0 Å². The first-order chi connectivity index (χ1) is 16.5. The summed E-state index contributed by atoms with van der Waals surface area (Å²) in [6, 6.07) is 2.37. The molecule has 0 spiro atoms. The molecule has 184 valence electrons. The van der Waals surface area contributed by atoms with Gasteiger partial charge in [0.1, 0.15) is 16.5 Å². The van der Waals surface area contributed by atoms with E-state index in [2.05, 4.69) is 9.97 Å². The van der Waals surface area contributed by atoms with E-state index in [1.54, 1.807) is 50.6 Å². The number of aryl methyl sites for hydroxylation is 1. The molecule has 0 N–H and O–H groups in total. The number of piperidine rings is 1. The summed E-state index contributed by atoms with van der Waals surface area (Å²) >= 11 is 1.19. The number of imidazole rings is 1. The summed E-state index contributed by atoms with van der Waals surface area (Å²) in [4.78, 5) is 36.1. The summed E-state index contributed by atoms with van der Waals surface area (Å²) in [5, 5.41) is 0. The fourth-order valence-corrected chi connectivity index (χ4v) is 5.34. The molecule has 1 saturated heterocycles. The van der Waals surface area contributed by atoms with E-state index in [4.69, 9.17) is 4.74 Å². The first-order valence-corrected chi connectivity index (χ1v) is 12.1. The molecule has 0 bridgehead atoms. The van der Waals surface area contributed by atoms with Crippen molar-refractivity contribution in [2.75, 3.05) is 13.1 Å². The highest BCUT2D eigenvalue weighted by Crippen LogP contribution is 2.33. The molecule has 1 aliphatic rings. The van der Waals surface area contributed by atoms with Gasteiger partial charge in [0.15, 0.2) is 11.5 Å². The number of pyridine rings is 1. The molecule has 0 aliphatic carbocycles. The molecular weight excluding hydrogens is 476 g/mol. The standard InChI is InChI=1S/C24H25F2N5O3S/c1-13-9-30-10-14(7-15(25)21(30)28-13)19-8-17-20(35-19)22(32)31(12-27-17)18-5-6-29(11-16(18)26)23(33)34-24(2,3)4/h7-10,12,16,18H,5-6,11H2,1-4H3/t16-,18-/m0/s1. The van der Waals surface area contributed by atoms with Crippen molar-refractivity contribution in [2.45, 2.75) is 51.9 Å². The predicted octanol–water partition coefficient (Wildman–Crippen LogP) is 4.74. The van der Waals surface area contributed by atoms with E-state index in [9.17, 15) is 14.0 Å². The highest BCUT2D eigenvalue weighted by Gasteiger charge is 2.35. The highest BCUT2D eigenvalue weighted by molar-refractivity contribution is 7.22. The number of rotatable bonds is 2. The number of hydrogen-bond acceptors (Lipinski definition) is 6. The minimum atomic E-state index is -1.45. The molecule has 35 heavy (non-hydrogen) atoms. The molecule has 5 rings (SSSR count). The number of likely N-dealkylation sites (tertiary alicyclic amines) is 1. The van der Waals surface area contributed by atoms with E-state index in [1.807, 2.05) is 0 Å². The normalized spacial score (nSPS) is 19.0. The molecule has 0 radical (unpaired) electrons. The second kappa shape index (κ2) is 8.40. The van der Waals surface area contributed by atoms with Gasteiger partial charge < -0.3 is 14.0 Å². The molecule has 0 aromatic carbocycles. The second-order valence-electron chi connectivity index (χ2n) is 9.77. The number of alkyl halides is 1. The summed E-state index contributed by atoms with van der Waals surface area (Å²) in [6.45, 7) is 7.15. The molecule has 1 fully saturated rings. The lowest BCUT2D eigenvalue weighted by Gasteiger charge is -2.36. The molecule has 0 saturated carbocycles. The third kappa shape index (κ3) is 4.40. The van der Waals surface area contributed by atoms with Crippen LogP contribution in [0, 0.1) is 12.7 Å². The van der Waals surface area contributed by atoms with Crippen LogP contribution < -0.4 is 5.56 Å². The molecule has 8 nitrogen and oxygen atoms in total. The number of carbonyl (C=O) groups excluding carboxylic acids is 1. The number of amides is 1. The van der Waals surface area contributed by atoms with Crippen LogP contribution in [0.5, 0.6) is 0 Å². The lowest BCUT2D eigenvalue weighted by Crippen LogP contribution is -2.48. The number of nitrogens with zero attached hydrogens (tertiary/aromatic N) is 5. The molecule has 0 unspecified atom stereocenters. The van der Waals surface area contributed by atoms with Crippen molar-refractivity contribution in [3.63, 3.8) is 0 Å². The van der Waals surface area contributed by atoms with E-state index >= 15 is 4.39 Å². The van der Waals surface area contributed by atoms with Gasteiger partial charge in [0.25, 0.3) is 5.56 Å². The maximum Gasteiger partial charge on any atom is 0.410 e. The first kappa shape index (κ1) is 23.4.